The predicted molar refractivity (Wildman–Crippen MR) is 256 cm³/mol. The van der Waals surface area contributed by atoms with Crippen LogP contribution in [0.15, 0.2) is 86.0 Å². The van der Waals surface area contributed by atoms with Crippen molar-refractivity contribution in [3.63, 3.8) is 0 Å². The molecule has 0 saturated heterocycles. The quantitative estimate of drug-likeness (QED) is 0.0808. The van der Waals surface area contributed by atoms with Gasteiger partial charge in [-0.2, -0.15) is 0 Å². The van der Waals surface area contributed by atoms with Crippen LogP contribution in [-0.2, 0) is 38.1 Å². The molecule has 0 aromatic heterocycles. The van der Waals surface area contributed by atoms with E-state index in [1.165, 1.54) is 11.1 Å². The molecular formula is C45H71ClI2N2O8V. The first kappa shape index (κ1) is 61.4. The van der Waals surface area contributed by atoms with Crippen LogP contribution in [0.3, 0.4) is 0 Å². The second kappa shape index (κ2) is 31.8. The van der Waals surface area contributed by atoms with E-state index >= 15 is 0 Å². The Morgan fingerprint density at radius 1 is 0.712 bits per heavy atom. The van der Waals surface area contributed by atoms with Gasteiger partial charge < -0.3 is 31.2 Å². The fourth-order valence-electron chi connectivity index (χ4n) is 5.46. The van der Waals surface area contributed by atoms with Crippen molar-refractivity contribution in [1.82, 2.24) is 0 Å². The third kappa shape index (κ3) is 28.3. The summed E-state index contributed by atoms with van der Waals surface area (Å²) in [6, 6.07) is 20.4. The Labute approximate surface area is 390 Å². The summed E-state index contributed by atoms with van der Waals surface area (Å²) in [7, 11) is 0.628. The van der Waals surface area contributed by atoms with E-state index < -0.39 is 46.5 Å². The number of allylic oxidation sites excluding steroid dienone is 2. The van der Waals surface area contributed by atoms with Crippen LogP contribution in [0.2, 0.25) is 0 Å². The van der Waals surface area contributed by atoms with Gasteiger partial charge in [0, 0.05) is 23.9 Å². The molecule has 2 aliphatic carbocycles. The number of hydrogen-bond donors (Lipinski definition) is 4. The summed E-state index contributed by atoms with van der Waals surface area (Å²) >= 11 is 4.74. The molecule has 14 heteroatoms. The number of carbonyl (C=O) groups is 4. The molecule has 0 heterocycles. The molecule has 0 bridgehead atoms. The standard InChI is InChI=1S/2C14H22O4.2C8H11N.CH4.ClH.2HI.V/c2*1-5-6-9-7-11(9)18-12(15)8-10(13(16)17)14(2,3)4;2*1-7(9)8-5-3-2-4-6-8;;;;;/h2*5,9-11H,1,6-8H2,2-4H3,(H,16,17);2*2-7H,9H2,1H3;1H4;3*1H;/q;;;;;;;;+2/p-2/t2*9-,10-,11-;2*7-;;;;;/m1100...../s1. The van der Waals surface area contributed by atoms with Crippen LogP contribution in [0.5, 0.6) is 0 Å². The molecule has 0 amide bonds. The normalized spacial score (nSPS) is 19.0. The fourth-order valence-corrected chi connectivity index (χ4v) is 5.46. The zero-order chi connectivity index (χ0) is 43.9. The van der Waals surface area contributed by atoms with Crippen molar-refractivity contribution in [1.29, 1.82) is 0 Å². The number of rotatable bonds is 14. The molecule has 4 rings (SSSR count). The van der Waals surface area contributed by atoms with Crippen LogP contribution in [0.1, 0.15) is 125 Å². The van der Waals surface area contributed by atoms with E-state index in [9.17, 15) is 19.2 Å². The summed E-state index contributed by atoms with van der Waals surface area (Å²) in [5.74, 6) is -3.37. The first-order valence-corrected chi connectivity index (χ1v) is 28.1. The van der Waals surface area contributed by atoms with Crippen molar-refractivity contribution in [3.05, 3.63) is 97.1 Å². The number of hydrogen-bond acceptors (Lipinski definition) is 8. The molecule has 335 valence electrons. The number of benzene rings is 2. The van der Waals surface area contributed by atoms with Gasteiger partial charge in [0.1, 0.15) is 12.2 Å². The number of halogens is 3. The van der Waals surface area contributed by atoms with Gasteiger partial charge in [-0.25, -0.2) is 0 Å². The van der Waals surface area contributed by atoms with Gasteiger partial charge >= 0.3 is 73.3 Å². The van der Waals surface area contributed by atoms with E-state index in [0.717, 1.165) is 25.7 Å². The van der Waals surface area contributed by atoms with E-state index in [1.807, 2.05) is 128 Å². The average molecular weight is 1110 g/mol. The summed E-state index contributed by atoms with van der Waals surface area (Å²) in [6.07, 6.45) is 6.86. The summed E-state index contributed by atoms with van der Waals surface area (Å²) < 4.78 is 10.5. The molecule has 59 heavy (non-hydrogen) atoms. The Hall–Kier alpha value is -1.95. The van der Waals surface area contributed by atoms with E-state index in [-0.39, 0.29) is 57.0 Å². The van der Waals surface area contributed by atoms with Crippen LogP contribution in [0, 0.1) is 34.5 Å². The van der Waals surface area contributed by atoms with E-state index in [2.05, 4.69) is 53.1 Å². The number of carbonyl (C=O) groups excluding carboxylic acids is 2. The second-order valence-corrected chi connectivity index (χ2v) is 28.3. The van der Waals surface area contributed by atoms with Gasteiger partial charge in [0.25, 0.3) is 0 Å². The number of nitrogens with two attached hydrogens (primary N) is 2. The Morgan fingerprint density at radius 2 is 0.983 bits per heavy atom. The zero-order valence-electron chi connectivity index (χ0n) is 35.3. The van der Waals surface area contributed by atoms with Crippen molar-refractivity contribution in [3.8, 4) is 0 Å². The zero-order valence-corrected chi connectivity index (χ0v) is 41.8. The van der Waals surface area contributed by atoms with Crippen molar-refractivity contribution >= 4 is 76.2 Å². The first-order valence-electron chi connectivity index (χ1n) is 19.1. The van der Waals surface area contributed by atoms with Crippen LogP contribution in [0.4, 0.5) is 0 Å². The number of carboxylic acids is 2. The van der Waals surface area contributed by atoms with Gasteiger partial charge in [0.2, 0.25) is 0 Å². The van der Waals surface area contributed by atoms with E-state index in [0.29, 0.717) is 21.3 Å². The molecule has 2 saturated carbocycles. The predicted octanol–water partition coefficient (Wildman–Crippen LogP) is 11.5. The van der Waals surface area contributed by atoms with Crippen molar-refractivity contribution < 1.29 is 48.3 Å². The monoisotopic (exact) mass is 1110 g/mol. The third-order valence-corrected chi connectivity index (χ3v) is 9.30. The third-order valence-electron chi connectivity index (χ3n) is 9.30. The molecule has 2 aromatic carbocycles. The second-order valence-electron chi connectivity index (χ2n) is 16.5. The van der Waals surface area contributed by atoms with Crippen molar-refractivity contribution in [2.45, 2.75) is 126 Å². The van der Waals surface area contributed by atoms with Gasteiger partial charge in [-0.15, -0.1) is 25.6 Å². The maximum atomic E-state index is 11.7. The van der Waals surface area contributed by atoms with E-state index in [4.69, 9.17) is 31.2 Å². The summed E-state index contributed by atoms with van der Waals surface area (Å²) in [5.41, 5.74) is 12.7. The molecular weight excluding hydrogens is 1040 g/mol. The molecule has 2 aromatic rings. The van der Waals surface area contributed by atoms with Crippen LogP contribution < -0.4 is 11.5 Å². The van der Waals surface area contributed by atoms with Crippen LogP contribution >= 0.6 is 52.4 Å². The summed E-state index contributed by atoms with van der Waals surface area (Å²) in [4.78, 5) is 45.6. The van der Waals surface area contributed by atoms with Crippen LogP contribution in [-0.4, -0.2) is 46.3 Å². The van der Waals surface area contributed by atoms with Crippen LogP contribution in [0.25, 0.3) is 0 Å². The Balaban J connectivity index is -0.000000713. The SMILES string of the molecule is C.C=CC[C@@H]1C[C@H]1OC(=O)C[C@H](C(=O)O)C(C)(C)C.C=CC[C@@H]1C[C@H]1OC(=O)C[C@H](C(=O)O)C(C)(C)C.C[C@H](N)c1ccccc1.C[C@H](N)c1ccccc1.Cl.[I][V][I]. The van der Waals surface area contributed by atoms with Gasteiger partial charge in [-0.1, -0.05) is 122 Å². The number of esters is 2. The number of carboxylic acid groups (broad SMARTS) is 2. The minimum atomic E-state index is -0.946. The van der Waals surface area contributed by atoms with Crippen molar-refractivity contribution in [2.75, 3.05) is 0 Å². The molecule has 0 spiro atoms. The Bertz CT molecular complexity index is 1390. The molecule has 2 aliphatic rings. The number of ether oxygens (including phenoxy) is 2. The summed E-state index contributed by atoms with van der Waals surface area (Å²) in [6.45, 7) is 22.1. The van der Waals surface area contributed by atoms with E-state index in [1.54, 1.807) is 0 Å². The average Bonchev–Trinajstić information content (AvgIpc) is 4.05. The topological polar surface area (TPSA) is 179 Å². The van der Waals surface area contributed by atoms with Crippen molar-refractivity contribution in [2.24, 2.45) is 46.0 Å². The molecule has 0 unspecified atom stereocenters. The molecule has 8 atom stereocenters. The Morgan fingerprint density at radius 3 is 1.17 bits per heavy atom. The molecule has 0 aliphatic heterocycles. The molecule has 6 N–H and O–H groups in total. The minimum absolute atomic E-state index is 0. The van der Waals surface area contributed by atoms with Gasteiger partial charge in [-0.3, -0.25) is 19.2 Å². The molecule has 0 radical (unpaired) electrons. The first-order chi connectivity index (χ1) is 26.5. The van der Waals surface area contributed by atoms with Gasteiger partial charge in [0.15, 0.2) is 0 Å². The van der Waals surface area contributed by atoms with Gasteiger partial charge in [0.05, 0.1) is 24.7 Å². The summed E-state index contributed by atoms with van der Waals surface area (Å²) in [5, 5.41) is 18.2. The molecule has 2 fully saturated rings. The molecule has 10 nitrogen and oxygen atoms in total. The number of aliphatic carboxylic acids is 2. The maximum absolute atomic E-state index is 11.7. The van der Waals surface area contributed by atoms with Gasteiger partial charge in [-0.05, 0) is 61.5 Å². The fraction of sp³-hybridized carbons (Fsp3) is 0.556. The Kier molecular flexibility index (Phi) is 33.1.